The SMILES string of the molecule is C[C@]1(c2ccc(C#N)cc2)NC(=O)N(CC#N)C1=O. The largest absolute Gasteiger partial charge is 0.326 e. The summed E-state index contributed by atoms with van der Waals surface area (Å²) in [7, 11) is 0. The minimum Gasteiger partial charge on any atom is -0.319 e. The lowest BCUT2D eigenvalue weighted by molar-refractivity contribution is -0.130. The number of urea groups is 1. The van der Waals surface area contributed by atoms with Crippen molar-refractivity contribution in [3.8, 4) is 12.1 Å². The first-order valence-electron chi connectivity index (χ1n) is 5.54. The normalized spacial score (nSPS) is 21.7. The van der Waals surface area contributed by atoms with Crippen molar-refractivity contribution in [2.45, 2.75) is 12.5 Å². The number of nitriles is 2. The summed E-state index contributed by atoms with van der Waals surface area (Å²) >= 11 is 0. The van der Waals surface area contributed by atoms with Crippen LogP contribution in [0.2, 0.25) is 0 Å². The van der Waals surface area contributed by atoms with E-state index < -0.39 is 17.5 Å². The zero-order valence-corrected chi connectivity index (χ0v) is 10.2. The van der Waals surface area contributed by atoms with E-state index in [0.29, 0.717) is 11.1 Å². The maximum absolute atomic E-state index is 12.2. The molecule has 0 spiro atoms. The van der Waals surface area contributed by atoms with Crippen LogP contribution in [-0.4, -0.2) is 23.4 Å². The zero-order chi connectivity index (χ0) is 14.0. The molecule has 1 saturated heterocycles. The van der Waals surface area contributed by atoms with Gasteiger partial charge in [0.25, 0.3) is 5.91 Å². The van der Waals surface area contributed by atoms with E-state index in [0.717, 1.165) is 4.90 Å². The number of hydrogen-bond donors (Lipinski definition) is 1. The van der Waals surface area contributed by atoms with Gasteiger partial charge in [0.15, 0.2) is 0 Å². The quantitative estimate of drug-likeness (QED) is 0.624. The third kappa shape index (κ3) is 1.90. The van der Waals surface area contributed by atoms with Crippen LogP contribution in [0.15, 0.2) is 24.3 Å². The van der Waals surface area contributed by atoms with E-state index >= 15 is 0 Å². The van der Waals surface area contributed by atoms with E-state index in [2.05, 4.69) is 5.32 Å². The lowest BCUT2D eigenvalue weighted by Crippen LogP contribution is -2.40. The number of carbonyl (C=O) groups excluding carboxylic acids is 2. The monoisotopic (exact) mass is 254 g/mol. The summed E-state index contributed by atoms with van der Waals surface area (Å²) in [6.45, 7) is 1.29. The van der Waals surface area contributed by atoms with E-state index in [1.807, 2.05) is 6.07 Å². The van der Waals surface area contributed by atoms with E-state index in [1.54, 1.807) is 37.3 Å². The van der Waals surface area contributed by atoms with Gasteiger partial charge in [-0.3, -0.25) is 4.79 Å². The molecule has 0 saturated carbocycles. The van der Waals surface area contributed by atoms with E-state index in [4.69, 9.17) is 10.5 Å². The molecule has 2 rings (SSSR count). The molecule has 6 nitrogen and oxygen atoms in total. The van der Waals surface area contributed by atoms with Crippen LogP contribution in [0.3, 0.4) is 0 Å². The molecule has 6 heteroatoms. The van der Waals surface area contributed by atoms with Gasteiger partial charge in [0, 0.05) is 0 Å². The van der Waals surface area contributed by atoms with Crippen LogP contribution in [0.4, 0.5) is 4.79 Å². The summed E-state index contributed by atoms with van der Waals surface area (Å²) in [6, 6.07) is 9.56. The van der Waals surface area contributed by atoms with E-state index in [9.17, 15) is 9.59 Å². The highest BCUT2D eigenvalue weighted by atomic mass is 16.2. The predicted molar refractivity (Wildman–Crippen MR) is 64.4 cm³/mol. The molecule has 1 aliphatic rings. The fourth-order valence-electron chi connectivity index (χ4n) is 1.99. The lowest BCUT2D eigenvalue weighted by atomic mass is 9.91. The van der Waals surface area contributed by atoms with Crippen molar-refractivity contribution in [2.75, 3.05) is 6.54 Å². The van der Waals surface area contributed by atoms with Gasteiger partial charge in [0.05, 0.1) is 17.7 Å². The Balaban J connectivity index is 2.38. The van der Waals surface area contributed by atoms with Crippen molar-refractivity contribution in [3.05, 3.63) is 35.4 Å². The van der Waals surface area contributed by atoms with Crippen LogP contribution in [0.25, 0.3) is 0 Å². The number of hydrogen-bond acceptors (Lipinski definition) is 4. The summed E-state index contributed by atoms with van der Waals surface area (Å²) in [5, 5.41) is 19.9. The lowest BCUT2D eigenvalue weighted by Gasteiger charge is -2.21. The first-order chi connectivity index (χ1) is 9.02. The van der Waals surface area contributed by atoms with Crippen LogP contribution >= 0.6 is 0 Å². The molecule has 0 bridgehead atoms. The molecule has 0 aromatic heterocycles. The van der Waals surface area contributed by atoms with Crippen molar-refractivity contribution in [1.29, 1.82) is 10.5 Å². The third-order valence-electron chi connectivity index (χ3n) is 3.10. The van der Waals surface area contributed by atoms with E-state index in [1.165, 1.54) is 0 Å². The number of benzene rings is 1. The summed E-state index contributed by atoms with van der Waals surface area (Å²) < 4.78 is 0. The number of imide groups is 1. The molecule has 1 fully saturated rings. The van der Waals surface area contributed by atoms with Gasteiger partial charge in [-0.1, -0.05) is 12.1 Å². The van der Waals surface area contributed by atoms with Crippen molar-refractivity contribution in [2.24, 2.45) is 0 Å². The first kappa shape index (κ1) is 12.6. The predicted octanol–water partition coefficient (Wildman–Crippen LogP) is 0.849. The molecule has 1 aliphatic heterocycles. The van der Waals surface area contributed by atoms with Crippen molar-refractivity contribution < 1.29 is 9.59 Å². The fraction of sp³-hybridized carbons (Fsp3) is 0.231. The molecular formula is C13H10N4O2. The zero-order valence-electron chi connectivity index (χ0n) is 10.2. The molecule has 1 heterocycles. The summed E-state index contributed by atoms with van der Waals surface area (Å²) in [5.74, 6) is -0.469. The highest BCUT2D eigenvalue weighted by Crippen LogP contribution is 2.28. The Bertz CT molecular complexity index is 624. The Labute approximate surface area is 109 Å². The molecule has 3 amide bonds. The number of amides is 3. The summed E-state index contributed by atoms with van der Waals surface area (Å²) in [5.41, 5.74) is -0.148. The molecule has 1 N–H and O–H groups in total. The molecule has 19 heavy (non-hydrogen) atoms. The van der Waals surface area contributed by atoms with Gasteiger partial charge in [0.1, 0.15) is 12.1 Å². The topological polar surface area (TPSA) is 97.0 Å². The standard InChI is InChI=1S/C13H10N4O2/c1-13(10-4-2-9(8-15)3-5-10)11(18)17(7-6-14)12(19)16-13/h2-5H,7H2,1H3,(H,16,19)/t13-/m1/s1. The summed E-state index contributed by atoms with van der Waals surface area (Å²) in [4.78, 5) is 24.8. The maximum atomic E-state index is 12.2. The molecule has 0 radical (unpaired) electrons. The number of rotatable bonds is 2. The molecule has 0 unspecified atom stereocenters. The minimum absolute atomic E-state index is 0.281. The van der Waals surface area contributed by atoms with E-state index in [-0.39, 0.29) is 6.54 Å². The van der Waals surface area contributed by atoms with Crippen LogP contribution in [-0.2, 0) is 10.3 Å². The Morgan fingerprint density at radius 1 is 1.26 bits per heavy atom. The molecule has 1 atom stereocenters. The van der Waals surface area contributed by atoms with Crippen molar-refractivity contribution in [3.63, 3.8) is 0 Å². The van der Waals surface area contributed by atoms with Gasteiger partial charge >= 0.3 is 6.03 Å². The molecule has 94 valence electrons. The van der Waals surface area contributed by atoms with Crippen LogP contribution < -0.4 is 5.32 Å². The van der Waals surface area contributed by atoms with Crippen LogP contribution in [0.5, 0.6) is 0 Å². The smallest absolute Gasteiger partial charge is 0.319 e. The second-order valence-corrected chi connectivity index (χ2v) is 4.29. The minimum atomic E-state index is -1.19. The van der Waals surface area contributed by atoms with Gasteiger partial charge in [-0.15, -0.1) is 0 Å². The number of nitrogens with zero attached hydrogens (tertiary/aromatic N) is 3. The average molecular weight is 254 g/mol. The first-order valence-corrected chi connectivity index (χ1v) is 5.54. The van der Waals surface area contributed by atoms with Gasteiger partial charge in [-0.25, -0.2) is 9.69 Å². The Kier molecular flexibility index (Phi) is 2.94. The Morgan fingerprint density at radius 3 is 2.42 bits per heavy atom. The molecule has 0 aliphatic carbocycles. The maximum Gasteiger partial charge on any atom is 0.326 e. The van der Waals surface area contributed by atoms with Gasteiger partial charge in [-0.05, 0) is 24.6 Å². The van der Waals surface area contributed by atoms with Crippen molar-refractivity contribution >= 4 is 11.9 Å². The molecular weight excluding hydrogens is 244 g/mol. The highest BCUT2D eigenvalue weighted by molar-refractivity contribution is 6.07. The highest BCUT2D eigenvalue weighted by Gasteiger charge is 2.48. The number of carbonyl (C=O) groups is 2. The second-order valence-electron chi connectivity index (χ2n) is 4.29. The van der Waals surface area contributed by atoms with Crippen LogP contribution in [0.1, 0.15) is 18.1 Å². The van der Waals surface area contributed by atoms with Gasteiger partial charge in [-0.2, -0.15) is 10.5 Å². The summed E-state index contributed by atoms with van der Waals surface area (Å²) in [6.07, 6.45) is 0. The average Bonchev–Trinajstić information content (AvgIpc) is 2.64. The third-order valence-corrected chi connectivity index (χ3v) is 3.10. The Hall–Kier alpha value is -2.86. The molecule has 1 aromatic rings. The van der Waals surface area contributed by atoms with Gasteiger partial charge in [0.2, 0.25) is 0 Å². The van der Waals surface area contributed by atoms with Crippen molar-refractivity contribution in [1.82, 2.24) is 10.2 Å². The Morgan fingerprint density at radius 2 is 1.89 bits per heavy atom. The van der Waals surface area contributed by atoms with Crippen LogP contribution in [0, 0.1) is 22.7 Å². The fourth-order valence-corrected chi connectivity index (χ4v) is 1.99. The molecule has 1 aromatic carbocycles. The second kappa shape index (κ2) is 4.43. The van der Waals surface area contributed by atoms with Gasteiger partial charge < -0.3 is 5.32 Å². The number of nitrogens with one attached hydrogen (secondary N) is 1.